The number of ether oxygens (including phenoxy) is 1. The van der Waals surface area contributed by atoms with E-state index in [0.29, 0.717) is 29.1 Å². The molecule has 0 saturated carbocycles. The van der Waals surface area contributed by atoms with Gasteiger partial charge in [-0.05, 0) is 37.3 Å². The monoisotopic (exact) mass is 316 g/mol. The predicted molar refractivity (Wildman–Crippen MR) is 82.9 cm³/mol. The normalized spacial score (nSPS) is 18.4. The second kappa shape index (κ2) is 7.41. The van der Waals surface area contributed by atoms with Crippen LogP contribution in [-0.2, 0) is 4.74 Å². The summed E-state index contributed by atoms with van der Waals surface area (Å²) >= 11 is 7.63. The summed E-state index contributed by atoms with van der Waals surface area (Å²) in [6.07, 6.45) is 2.30. The number of aryl methyl sites for hydroxylation is 1. The Balaban J connectivity index is 2.08. The van der Waals surface area contributed by atoms with Gasteiger partial charge in [0.15, 0.2) is 0 Å². The number of thiophene rings is 1. The molecular weight excluding hydrogens is 296 g/mol. The maximum absolute atomic E-state index is 12.6. The van der Waals surface area contributed by atoms with Crippen molar-refractivity contribution in [1.29, 1.82) is 0 Å². The van der Waals surface area contributed by atoms with Crippen molar-refractivity contribution in [3.05, 3.63) is 20.8 Å². The van der Waals surface area contributed by atoms with E-state index in [1.54, 1.807) is 7.11 Å². The third-order valence-electron chi connectivity index (χ3n) is 3.55. The maximum atomic E-state index is 12.6. The maximum Gasteiger partial charge on any atom is 0.265 e. The van der Waals surface area contributed by atoms with E-state index in [0.717, 1.165) is 25.1 Å². The van der Waals surface area contributed by atoms with Crippen molar-refractivity contribution in [2.45, 2.75) is 25.8 Å². The number of halogens is 1. The van der Waals surface area contributed by atoms with Crippen LogP contribution < -0.4 is 5.32 Å². The number of carbonyl (C=O) groups excluding carboxylic acids is 1. The predicted octanol–water partition coefficient (Wildman–Crippen LogP) is 2.55. The molecule has 6 heteroatoms. The molecule has 1 aromatic heterocycles. The lowest BCUT2D eigenvalue weighted by Crippen LogP contribution is -2.42. The van der Waals surface area contributed by atoms with E-state index in [1.807, 2.05) is 17.2 Å². The summed E-state index contributed by atoms with van der Waals surface area (Å²) in [5, 5.41) is 5.94. The Hall–Kier alpha value is -0.620. The molecule has 1 fully saturated rings. The van der Waals surface area contributed by atoms with E-state index < -0.39 is 0 Å². The van der Waals surface area contributed by atoms with Crippen molar-refractivity contribution < 1.29 is 9.53 Å². The van der Waals surface area contributed by atoms with Crippen LogP contribution in [0.5, 0.6) is 0 Å². The molecule has 1 unspecified atom stereocenters. The minimum absolute atomic E-state index is 0.0128. The van der Waals surface area contributed by atoms with Crippen LogP contribution in [0.15, 0.2) is 5.38 Å². The molecule has 1 aliphatic rings. The molecule has 1 amide bonds. The average Bonchev–Trinajstić information content (AvgIpc) is 3.06. The summed E-state index contributed by atoms with van der Waals surface area (Å²) in [7, 11) is 1.65. The Bertz CT molecular complexity index is 458. The smallest absolute Gasteiger partial charge is 0.265 e. The number of nitrogens with one attached hydrogen (secondary N) is 1. The van der Waals surface area contributed by atoms with Gasteiger partial charge >= 0.3 is 0 Å². The first-order valence-electron chi connectivity index (χ1n) is 6.88. The fourth-order valence-electron chi connectivity index (χ4n) is 2.37. The van der Waals surface area contributed by atoms with Gasteiger partial charge in [-0.1, -0.05) is 11.6 Å². The molecule has 1 aliphatic heterocycles. The second-order valence-corrected chi connectivity index (χ2v) is 6.36. The molecule has 1 N–H and O–H groups in total. The van der Waals surface area contributed by atoms with Crippen LogP contribution in [-0.4, -0.2) is 50.2 Å². The Morgan fingerprint density at radius 1 is 1.65 bits per heavy atom. The van der Waals surface area contributed by atoms with Crippen molar-refractivity contribution in [3.8, 4) is 0 Å². The first kappa shape index (κ1) is 15.8. The van der Waals surface area contributed by atoms with Crippen molar-refractivity contribution >= 4 is 28.8 Å². The van der Waals surface area contributed by atoms with E-state index in [9.17, 15) is 4.79 Å². The number of hydrogen-bond acceptors (Lipinski definition) is 4. The lowest BCUT2D eigenvalue weighted by molar-refractivity contribution is 0.0684. The third kappa shape index (κ3) is 3.73. The van der Waals surface area contributed by atoms with E-state index >= 15 is 0 Å². The Morgan fingerprint density at radius 2 is 2.45 bits per heavy atom. The number of nitrogens with zero attached hydrogens (tertiary/aromatic N) is 1. The van der Waals surface area contributed by atoms with Crippen LogP contribution in [0.3, 0.4) is 0 Å². The van der Waals surface area contributed by atoms with Gasteiger partial charge in [-0.25, -0.2) is 0 Å². The molecular formula is C14H21ClN2O2S. The van der Waals surface area contributed by atoms with Crippen molar-refractivity contribution in [2.75, 3.05) is 33.4 Å². The highest BCUT2D eigenvalue weighted by Crippen LogP contribution is 2.28. The zero-order valence-corrected chi connectivity index (χ0v) is 13.5. The van der Waals surface area contributed by atoms with Gasteiger partial charge in [0, 0.05) is 26.2 Å². The fraction of sp³-hybridized carbons (Fsp3) is 0.643. The Morgan fingerprint density at radius 3 is 3.00 bits per heavy atom. The quantitative estimate of drug-likeness (QED) is 0.877. The van der Waals surface area contributed by atoms with Gasteiger partial charge in [0.1, 0.15) is 4.88 Å². The van der Waals surface area contributed by atoms with E-state index in [-0.39, 0.29) is 5.91 Å². The SMILES string of the molecule is COCCN(CC1CCCN1)C(=O)c1scc(C)c1Cl. The van der Waals surface area contributed by atoms with Crippen LogP contribution in [0.2, 0.25) is 5.02 Å². The van der Waals surface area contributed by atoms with Gasteiger partial charge in [-0.15, -0.1) is 11.3 Å². The molecule has 4 nitrogen and oxygen atoms in total. The molecule has 20 heavy (non-hydrogen) atoms. The van der Waals surface area contributed by atoms with Crippen LogP contribution in [0.25, 0.3) is 0 Å². The molecule has 1 saturated heterocycles. The third-order valence-corrected chi connectivity index (χ3v) is 5.23. The van der Waals surface area contributed by atoms with Gasteiger partial charge in [-0.3, -0.25) is 4.79 Å². The number of hydrogen-bond donors (Lipinski definition) is 1. The Kier molecular flexibility index (Phi) is 5.84. The summed E-state index contributed by atoms with van der Waals surface area (Å²) in [4.78, 5) is 15.1. The van der Waals surface area contributed by atoms with Crippen LogP contribution in [0.1, 0.15) is 28.1 Å². The molecule has 112 valence electrons. The molecule has 0 aromatic carbocycles. The Labute approximate surface area is 129 Å². The van der Waals surface area contributed by atoms with E-state index in [2.05, 4.69) is 5.32 Å². The first-order chi connectivity index (χ1) is 9.63. The van der Waals surface area contributed by atoms with Gasteiger partial charge in [0.05, 0.1) is 11.6 Å². The number of amides is 1. The van der Waals surface area contributed by atoms with Gasteiger partial charge < -0.3 is 15.0 Å². The molecule has 2 rings (SSSR count). The number of carbonyl (C=O) groups is 1. The van der Waals surface area contributed by atoms with Crippen LogP contribution in [0, 0.1) is 6.92 Å². The summed E-state index contributed by atoms with van der Waals surface area (Å²) in [5.74, 6) is 0.0128. The topological polar surface area (TPSA) is 41.6 Å². The number of methoxy groups -OCH3 is 1. The summed E-state index contributed by atoms with van der Waals surface area (Å²) in [5.41, 5.74) is 0.964. The zero-order valence-electron chi connectivity index (χ0n) is 11.9. The fourth-order valence-corrected chi connectivity index (χ4v) is 3.61. The summed E-state index contributed by atoms with van der Waals surface area (Å²) in [6.45, 7) is 4.82. The van der Waals surface area contributed by atoms with Crippen molar-refractivity contribution in [2.24, 2.45) is 0 Å². The van der Waals surface area contributed by atoms with E-state index in [4.69, 9.17) is 16.3 Å². The summed E-state index contributed by atoms with van der Waals surface area (Å²) in [6, 6.07) is 0.385. The largest absolute Gasteiger partial charge is 0.383 e. The van der Waals surface area contributed by atoms with Gasteiger partial charge in [0.2, 0.25) is 0 Å². The molecule has 0 spiro atoms. The molecule has 1 aromatic rings. The highest BCUT2D eigenvalue weighted by atomic mass is 35.5. The zero-order chi connectivity index (χ0) is 14.5. The van der Waals surface area contributed by atoms with Crippen LogP contribution in [0.4, 0.5) is 0 Å². The molecule has 1 atom stereocenters. The highest BCUT2D eigenvalue weighted by molar-refractivity contribution is 7.13. The molecule has 0 radical (unpaired) electrons. The standard InChI is InChI=1S/C14H21ClN2O2S/c1-10-9-20-13(12(10)15)14(18)17(6-7-19-2)8-11-4-3-5-16-11/h9,11,16H,3-8H2,1-2H3. The van der Waals surface area contributed by atoms with Crippen LogP contribution >= 0.6 is 22.9 Å². The van der Waals surface area contributed by atoms with Crippen molar-refractivity contribution in [3.63, 3.8) is 0 Å². The molecule has 0 aliphatic carbocycles. The molecule has 2 heterocycles. The molecule has 0 bridgehead atoms. The number of rotatable bonds is 6. The lowest BCUT2D eigenvalue weighted by atomic mass is 10.2. The average molecular weight is 317 g/mol. The van der Waals surface area contributed by atoms with Gasteiger partial charge in [0.25, 0.3) is 5.91 Å². The minimum Gasteiger partial charge on any atom is -0.383 e. The van der Waals surface area contributed by atoms with E-state index in [1.165, 1.54) is 17.8 Å². The lowest BCUT2D eigenvalue weighted by Gasteiger charge is -2.25. The van der Waals surface area contributed by atoms with Gasteiger partial charge in [-0.2, -0.15) is 0 Å². The minimum atomic E-state index is 0.0128. The van der Waals surface area contributed by atoms with Crippen molar-refractivity contribution in [1.82, 2.24) is 10.2 Å². The highest BCUT2D eigenvalue weighted by Gasteiger charge is 2.25. The second-order valence-electron chi connectivity index (χ2n) is 5.10. The summed E-state index contributed by atoms with van der Waals surface area (Å²) < 4.78 is 5.11. The first-order valence-corrected chi connectivity index (χ1v) is 8.14.